The third-order valence-electron chi connectivity index (χ3n) is 9.70. The van der Waals surface area contributed by atoms with Gasteiger partial charge in [0.1, 0.15) is 5.58 Å². The molecule has 1 aliphatic rings. The molecule has 3 heterocycles. The number of anilines is 1. The van der Waals surface area contributed by atoms with Crippen molar-refractivity contribution in [2.24, 2.45) is 0 Å². The number of furan rings is 1. The molecule has 268 valence electrons. The van der Waals surface area contributed by atoms with Gasteiger partial charge in [-0.2, -0.15) is 5.26 Å². The molecule has 1 saturated heterocycles. The molecule has 11 heteroatoms. The number of nitriles is 1. The van der Waals surface area contributed by atoms with E-state index in [-0.39, 0.29) is 24.2 Å². The summed E-state index contributed by atoms with van der Waals surface area (Å²) in [6.07, 6.45) is 5.06. The van der Waals surface area contributed by atoms with E-state index in [9.17, 15) is 19.6 Å². The lowest BCUT2D eigenvalue weighted by Crippen LogP contribution is -2.46. The summed E-state index contributed by atoms with van der Waals surface area (Å²) in [4.78, 5) is 42.5. The van der Waals surface area contributed by atoms with Crippen molar-refractivity contribution in [1.29, 1.82) is 5.26 Å². The molecule has 0 radical (unpaired) electrons. The Hall–Kier alpha value is -6.38. The summed E-state index contributed by atoms with van der Waals surface area (Å²) in [6, 6.07) is 33.7. The Labute approximate surface area is 307 Å². The van der Waals surface area contributed by atoms with Gasteiger partial charge in [-0.15, -0.1) is 0 Å². The lowest BCUT2D eigenvalue weighted by molar-refractivity contribution is 0.0901. The molecule has 6 aromatic rings. The van der Waals surface area contributed by atoms with Gasteiger partial charge in [0.2, 0.25) is 0 Å². The van der Waals surface area contributed by atoms with E-state index >= 15 is 0 Å². The molecule has 4 aromatic carbocycles. The average Bonchev–Trinajstić information content (AvgIpc) is 3.80. The first-order valence-corrected chi connectivity index (χ1v) is 17.9. The second-order valence-corrected chi connectivity index (χ2v) is 13.2. The maximum atomic E-state index is 12.7. The normalized spacial score (nSPS) is 13.2. The van der Waals surface area contributed by atoms with Crippen LogP contribution < -0.4 is 20.9 Å². The van der Waals surface area contributed by atoms with Crippen LogP contribution in [0.4, 0.5) is 5.69 Å². The van der Waals surface area contributed by atoms with Gasteiger partial charge in [-0.25, -0.2) is 0 Å². The van der Waals surface area contributed by atoms with Gasteiger partial charge in [-0.05, 0) is 98.1 Å². The Kier molecular flexibility index (Phi) is 10.8. The average molecular weight is 708 g/mol. The standard InChI is InChI=1S/C42H41N7O4/c43-26-30-14-16-37-36(23-30)33(27-49(37)29-46-41(51)32-11-5-2-6-12-32)13-7-8-18-47-19-21-48(22-20-47)35-15-17-38-34(24-35)25-39(53-38)42(52)45-28-44-40(50)31-9-3-1-4-10-31/h1-6,9-12,14-17,23-25,27H,7-8,13,18-22,28-29H2,(H,44,50)(H,45,52)(H,46,51). The number of hydrogen-bond acceptors (Lipinski definition) is 7. The van der Waals surface area contributed by atoms with Crippen LogP contribution in [0, 0.1) is 11.3 Å². The predicted molar refractivity (Wildman–Crippen MR) is 205 cm³/mol. The van der Waals surface area contributed by atoms with Crippen LogP contribution in [0.2, 0.25) is 0 Å². The molecular weight excluding hydrogens is 667 g/mol. The molecule has 0 aliphatic carbocycles. The van der Waals surface area contributed by atoms with Crippen molar-refractivity contribution < 1.29 is 18.8 Å². The quantitative estimate of drug-likeness (QED) is 0.100. The maximum absolute atomic E-state index is 12.7. The highest BCUT2D eigenvalue weighted by atomic mass is 16.3. The van der Waals surface area contributed by atoms with Gasteiger partial charge in [0.15, 0.2) is 5.76 Å². The van der Waals surface area contributed by atoms with Crippen LogP contribution in [0.15, 0.2) is 114 Å². The van der Waals surface area contributed by atoms with Crippen LogP contribution in [0.1, 0.15) is 55.2 Å². The first-order chi connectivity index (χ1) is 25.9. The summed E-state index contributed by atoms with van der Waals surface area (Å²) in [7, 11) is 0. The summed E-state index contributed by atoms with van der Waals surface area (Å²) in [5.74, 6) is -0.585. The lowest BCUT2D eigenvalue weighted by Gasteiger charge is -2.36. The smallest absolute Gasteiger partial charge is 0.288 e. The number of nitrogens with one attached hydrogen (secondary N) is 3. The molecule has 2 aromatic heterocycles. The lowest BCUT2D eigenvalue weighted by atomic mass is 10.0. The molecule has 1 aliphatic heterocycles. The van der Waals surface area contributed by atoms with E-state index in [2.05, 4.69) is 48.6 Å². The zero-order chi connectivity index (χ0) is 36.6. The van der Waals surface area contributed by atoms with E-state index in [1.54, 1.807) is 42.5 Å². The van der Waals surface area contributed by atoms with Crippen molar-refractivity contribution >= 4 is 45.3 Å². The Balaban J connectivity index is 0.876. The largest absolute Gasteiger partial charge is 0.451 e. The highest BCUT2D eigenvalue weighted by molar-refractivity contribution is 5.98. The monoisotopic (exact) mass is 707 g/mol. The van der Waals surface area contributed by atoms with Gasteiger partial charge in [0.25, 0.3) is 17.7 Å². The topological polar surface area (TPSA) is 136 Å². The number of fused-ring (bicyclic) bond motifs is 2. The summed E-state index contributed by atoms with van der Waals surface area (Å²) in [5.41, 5.74) is 5.68. The molecule has 11 nitrogen and oxygen atoms in total. The minimum absolute atomic E-state index is 0.0107. The van der Waals surface area contributed by atoms with Gasteiger partial charge >= 0.3 is 0 Å². The molecule has 0 atom stereocenters. The van der Waals surface area contributed by atoms with Crippen LogP contribution in [-0.2, 0) is 13.1 Å². The number of carbonyl (C=O) groups is 3. The van der Waals surface area contributed by atoms with Crippen molar-refractivity contribution in [2.45, 2.75) is 25.9 Å². The van der Waals surface area contributed by atoms with Crippen molar-refractivity contribution in [1.82, 2.24) is 25.4 Å². The molecule has 0 bridgehead atoms. The molecule has 0 saturated carbocycles. The Morgan fingerprint density at radius 1 is 0.736 bits per heavy atom. The Bertz CT molecular complexity index is 2270. The molecule has 1 fully saturated rings. The van der Waals surface area contributed by atoms with E-state index in [0.29, 0.717) is 28.9 Å². The third-order valence-corrected chi connectivity index (χ3v) is 9.70. The van der Waals surface area contributed by atoms with E-state index < -0.39 is 5.91 Å². The Morgan fingerprint density at radius 3 is 2.15 bits per heavy atom. The van der Waals surface area contributed by atoms with Crippen LogP contribution >= 0.6 is 0 Å². The zero-order valence-corrected chi connectivity index (χ0v) is 29.4. The van der Waals surface area contributed by atoms with E-state index in [0.717, 1.165) is 74.0 Å². The van der Waals surface area contributed by atoms with E-state index in [1.807, 2.05) is 54.6 Å². The van der Waals surface area contributed by atoms with Crippen LogP contribution in [0.3, 0.4) is 0 Å². The highest BCUT2D eigenvalue weighted by Gasteiger charge is 2.19. The number of amides is 3. The van der Waals surface area contributed by atoms with Crippen molar-refractivity contribution in [3.63, 3.8) is 0 Å². The summed E-state index contributed by atoms with van der Waals surface area (Å²) >= 11 is 0. The van der Waals surface area contributed by atoms with Crippen LogP contribution in [0.25, 0.3) is 21.9 Å². The SMILES string of the molecule is N#Cc1ccc2c(c1)c(CCCCN1CCN(c3ccc4oc(C(=O)NCNC(=O)c5ccccc5)cc4c3)CC1)cn2CNC(=O)c1ccccc1. The number of aryl methyl sites for hydroxylation is 1. The number of benzene rings is 4. The van der Waals surface area contributed by atoms with Gasteiger partial charge in [-0.3, -0.25) is 19.3 Å². The predicted octanol–water partition coefficient (Wildman–Crippen LogP) is 5.91. The fraction of sp³-hybridized carbons (Fsp3) is 0.238. The molecule has 7 rings (SSSR count). The maximum Gasteiger partial charge on any atom is 0.288 e. The number of rotatable bonds is 13. The first kappa shape index (κ1) is 35.0. The first-order valence-electron chi connectivity index (χ1n) is 17.9. The summed E-state index contributed by atoms with van der Waals surface area (Å²) in [6.45, 7) is 5.06. The van der Waals surface area contributed by atoms with Gasteiger partial charge in [0, 0.05) is 65.5 Å². The highest BCUT2D eigenvalue weighted by Crippen LogP contribution is 2.27. The number of nitrogens with zero attached hydrogens (tertiary/aromatic N) is 4. The minimum atomic E-state index is -0.394. The summed E-state index contributed by atoms with van der Waals surface area (Å²) in [5, 5.41) is 19.8. The van der Waals surface area contributed by atoms with Crippen LogP contribution in [-0.4, -0.2) is 66.6 Å². The number of unbranched alkanes of at least 4 members (excludes halogenated alkanes) is 1. The minimum Gasteiger partial charge on any atom is -0.451 e. The van der Waals surface area contributed by atoms with Gasteiger partial charge < -0.3 is 29.8 Å². The zero-order valence-electron chi connectivity index (χ0n) is 29.4. The molecule has 53 heavy (non-hydrogen) atoms. The van der Waals surface area contributed by atoms with Gasteiger partial charge in [0.05, 0.1) is 25.0 Å². The second-order valence-electron chi connectivity index (χ2n) is 13.2. The van der Waals surface area contributed by atoms with Crippen molar-refractivity contribution in [2.75, 3.05) is 44.3 Å². The molecule has 0 spiro atoms. The molecular formula is C42H41N7O4. The number of carbonyl (C=O) groups excluding carboxylic acids is 3. The molecule has 3 N–H and O–H groups in total. The van der Waals surface area contributed by atoms with E-state index in [4.69, 9.17) is 4.42 Å². The molecule has 3 amide bonds. The Morgan fingerprint density at radius 2 is 1.43 bits per heavy atom. The van der Waals surface area contributed by atoms with Crippen LogP contribution in [0.5, 0.6) is 0 Å². The van der Waals surface area contributed by atoms with Crippen molar-refractivity contribution in [3.05, 3.63) is 137 Å². The summed E-state index contributed by atoms with van der Waals surface area (Å²) < 4.78 is 7.86. The van der Waals surface area contributed by atoms with Crippen molar-refractivity contribution in [3.8, 4) is 6.07 Å². The molecule has 0 unspecified atom stereocenters. The number of hydrogen-bond donors (Lipinski definition) is 3. The fourth-order valence-corrected chi connectivity index (χ4v) is 6.82. The number of aromatic nitrogens is 1. The number of piperazine rings is 1. The fourth-order valence-electron chi connectivity index (χ4n) is 6.82. The second kappa shape index (κ2) is 16.3. The van der Waals surface area contributed by atoms with E-state index in [1.165, 1.54) is 5.56 Å². The third kappa shape index (κ3) is 8.41. The van der Waals surface area contributed by atoms with Gasteiger partial charge in [-0.1, -0.05) is 36.4 Å².